The molecule has 16 heavy (non-hydrogen) atoms. The number of hydrogen-bond acceptors (Lipinski definition) is 1. The van der Waals surface area contributed by atoms with Crippen LogP contribution in [0.15, 0.2) is 30.3 Å². The van der Waals surface area contributed by atoms with Gasteiger partial charge >= 0.3 is 0 Å². The smallest absolute Gasteiger partial charge is 0.230 e. The molecule has 88 valence electrons. The summed E-state index contributed by atoms with van der Waals surface area (Å²) in [4.78, 5) is 12.1. The van der Waals surface area contributed by atoms with Crippen LogP contribution in [0.5, 0.6) is 0 Å². The Hall–Kier alpha value is -1.02. The van der Waals surface area contributed by atoms with E-state index < -0.39 is 5.41 Å². The maximum absolute atomic E-state index is 12.1. The molecular weight excluding hydrogens is 222 g/mol. The molecule has 0 aromatic heterocycles. The summed E-state index contributed by atoms with van der Waals surface area (Å²) in [5, 5.41) is 2.90. The van der Waals surface area contributed by atoms with Crippen molar-refractivity contribution in [1.82, 2.24) is 5.32 Å². The van der Waals surface area contributed by atoms with Crippen LogP contribution in [0.2, 0.25) is 0 Å². The molecular formula is C13H18ClNO. The first-order chi connectivity index (χ1) is 7.48. The highest BCUT2D eigenvalue weighted by Gasteiger charge is 2.29. The van der Waals surface area contributed by atoms with Gasteiger partial charge in [-0.25, -0.2) is 0 Å². The molecule has 0 radical (unpaired) electrons. The Labute approximate surface area is 102 Å². The molecule has 0 bridgehead atoms. The predicted molar refractivity (Wildman–Crippen MR) is 67.8 cm³/mol. The van der Waals surface area contributed by atoms with Gasteiger partial charge in [0, 0.05) is 11.9 Å². The van der Waals surface area contributed by atoms with Crippen molar-refractivity contribution in [3.8, 4) is 0 Å². The summed E-state index contributed by atoms with van der Waals surface area (Å²) in [7, 11) is 0. The second kappa shape index (κ2) is 5.35. The van der Waals surface area contributed by atoms with Crippen LogP contribution in [0.3, 0.4) is 0 Å². The fraction of sp³-hybridized carbons (Fsp3) is 0.462. The Morgan fingerprint density at radius 3 is 2.44 bits per heavy atom. The largest absolute Gasteiger partial charge is 0.352 e. The molecule has 0 saturated carbocycles. The van der Waals surface area contributed by atoms with Crippen molar-refractivity contribution >= 4 is 17.5 Å². The van der Waals surface area contributed by atoms with Crippen molar-refractivity contribution in [2.24, 2.45) is 0 Å². The Bertz CT molecular complexity index is 348. The lowest BCUT2D eigenvalue weighted by molar-refractivity contribution is -0.126. The van der Waals surface area contributed by atoms with E-state index in [0.29, 0.717) is 5.88 Å². The normalized spacial score (nSPS) is 13.2. The van der Waals surface area contributed by atoms with Gasteiger partial charge in [0.05, 0.1) is 5.41 Å². The average Bonchev–Trinajstić information content (AvgIpc) is 2.29. The second-order valence-corrected chi connectivity index (χ2v) is 4.83. The Morgan fingerprint density at radius 2 is 1.94 bits per heavy atom. The predicted octanol–water partition coefficient (Wildman–Crippen LogP) is 2.71. The molecule has 1 aromatic rings. The van der Waals surface area contributed by atoms with Gasteiger partial charge in [0.15, 0.2) is 0 Å². The molecule has 0 aliphatic rings. The van der Waals surface area contributed by atoms with Crippen LogP contribution in [0.25, 0.3) is 0 Å². The van der Waals surface area contributed by atoms with Crippen molar-refractivity contribution in [1.29, 1.82) is 0 Å². The first kappa shape index (κ1) is 13.0. The molecule has 3 heteroatoms. The number of carbonyl (C=O) groups excluding carboxylic acids is 1. The zero-order chi connectivity index (χ0) is 12.2. The topological polar surface area (TPSA) is 29.1 Å². The minimum atomic E-state index is -0.526. The van der Waals surface area contributed by atoms with Crippen molar-refractivity contribution in [3.63, 3.8) is 0 Å². The molecule has 0 aliphatic heterocycles. The second-order valence-electron chi connectivity index (χ2n) is 4.52. The lowest BCUT2D eigenvalue weighted by Crippen LogP contribution is -2.44. The molecule has 1 N–H and O–H groups in total. The Kier molecular flexibility index (Phi) is 4.36. The molecule has 1 amide bonds. The van der Waals surface area contributed by atoms with Crippen molar-refractivity contribution in [2.75, 3.05) is 5.88 Å². The number of benzene rings is 1. The Morgan fingerprint density at radius 1 is 1.38 bits per heavy atom. The maximum Gasteiger partial charge on any atom is 0.230 e. The van der Waals surface area contributed by atoms with E-state index in [1.807, 2.05) is 51.1 Å². The summed E-state index contributed by atoms with van der Waals surface area (Å²) in [6.45, 7) is 5.73. The zero-order valence-corrected chi connectivity index (χ0v) is 10.7. The van der Waals surface area contributed by atoms with Crippen molar-refractivity contribution in [2.45, 2.75) is 32.2 Å². The monoisotopic (exact) mass is 239 g/mol. The Balaban J connectivity index is 2.82. The average molecular weight is 240 g/mol. The van der Waals surface area contributed by atoms with E-state index in [2.05, 4.69) is 5.32 Å². The third-order valence-electron chi connectivity index (χ3n) is 2.67. The lowest BCUT2D eigenvalue weighted by Gasteiger charge is -2.25. The molecule has 1 aromatic carbocycles. The van der Waals surface area contributed by atoms with E-state index >= 15 is 0 Å². The fourth-order valence-corrected chi connectivity index (χ4v) is 1.51. The minimum absolute atomic E-state index is 0.00264. The minimum Gasteiger partial charge on any atom is -0.352 e. The third kappa shape index (κ3) is 2.99. The van der Waals surface area contributed by atoms with Crippen LogP contribution in [-0.4, -0.2) is 17.8 Å². The third-order valence-corrected chi connectivity index (χ3v) is 3.13. The molecule has 1 unspecified atom stereocenters. The van der Waals surface area contributed by atoms with Gasteiger partial charge in [-0.1, -0.05) is 30.3 Å². The van der Waals surface area contributed by atoms with Gasteiger partial charge in [-0.3, -0.25) is 4.79 Å². The van der Waals surface area contributed by atoms with E-state index in [1.54, 1.807) is 0 Å². The van der Waals surface area contributed by atoms with Crippen LogP contribution in [-0.2, 0) is 10.2 Å². The molecule has 0 fully saturated rings. The van der Waals surface area contributed by atoms with E-state index in [9.17, 15) is 4.79 Å². The van der Waals surface area contributed by atoms with Gasteiger partial charge in [-0.2, -0.15) is 0 Å². The van der Waals surface area contributed by atoms with Gasteiger partial charge in [0.25, 0.3) is 0 Å². The summed E-state index contributed by atoms with van der Waals surface area (Å²) in [5.41, 5.74) is 0.482. The molecule has 0 heterocycles. The number of carbonyl (C=O) groups is 1. The highest BCUT2D eigenvalue weighted by Crippen LogP contribution is 2.23. The van der Waals surface area contributed by atoms with E-state index in [-0.39, 0.29) is 11.9 Å². The molecule has 0 spiro atoms. The summed E-state index contributed by atoms with van der Waals surface area (Å²) in [6, 6.07) is 9.75. The van der Waals surface area contributed by atoms with E-state index in [0.717, 1.165) is 5.56 Å². The van der Waals surface area contributed by atoms with Crippen LogP contribution < -0.4 is 5.32 Å². The van der Waals surface area contributed by atoms with Crippen molar-refractivity contribution in [3.05, 3.63) is 35.9 Å². The number of halogens is 1. The fourth-order valence-electron chi connectivity index (χ4n) is 1.43. The quantitative estimate of drug-likeness (QED) is 0.805. The number of rotatable bonds is 4. The number of alkyl halides is 1. The molecule has 2 nitrogen and oxygen atoms in total. The summed E-state index contributed by atoms with van der Waals surface area (Å²) < 4.78 is 0. The highest BCUT2D eigenvalue weighted by atomic mass is 35.5. The van der Waals surface area contributed by atoms with Gasteiger partial charge in [0.1, 0.15) is 0 Å². The molecule has 1 rings (SSSR count). The van der Waals surface area contributed by atoms with Gasteiger partial charge < -0.3 is 5.32 Å². The van der Waals surface area contributed by atoms with E-state index in [4.69, 9.17) is 11.6 Å². The van der Waals surface area contributed by atoms with Crippen LogP contribution >= 0.6 is 11.6 Å². The zero-order valence-electron chi connectivity index (χ0n) is 9.96. The molecule has 0 aliphatic carbocycles. The highest BCUT2D eigenvalue weighted by molar-refractivity contribution is 6.18. The van der Waals surface area contributed by atoms with E-state index in [1.165, 1.54) is 0 Å². The standard InChI is InChI=1S/C13H18ClNO/c1-10(9-14)15-12(16)13(2,3)11-7-5-4-6-8-11/h4-8,10H,9H2,1-3H3,(H,15,16). The van der Waals surface area contributed by atoms with Crippen LogP contribution in [0.1, 0.15) is 26.3 Å². The van der Waals surface area contributed by atoms with Gasteiger partial charge in [0.2, 0.25) is 5.91 Å². The van der Waals surface area contributed by atoms with Crippen LogP contribution in [0, 0.1) is 0 Å². The number of amides is 1. The lowest BCUT2D eigenvalue weighted by atomic mass is 9.83. The SMILES string of the molecule is CC(CCl)NC(=O)C(C)(C)c1ccccc1. The first-order valence-corrected chi connectivity index (χ1v) is 5.94. The first-order valence-electron chi connectivity index (χ1n) is 5.41. The molecule has 1 atom stereocenters. The summed E-state index contributed by atoms with van der Waals surface area (Å²) in [5.74, 6) is 0.434. The summed E-state index contributed by atoms with van der Waals surface area (Å²) in [6.07, 6.45) is 0. The number of nitrogens with one attached hydrogen (secondary N) is 1. The van der Waals surface area contributed by atoms with Crippen molar-refractivity contribution < 1.29 is 4.79 Å². The summed E-state index contributed by atoms with van der Waals surface area (Å²) >= 11 is 5.68. The number of hydrogen-bond donors (Lipinski definition) is 1. The van der Waals surface area contributed by atoms with Gasteiger partial charge in [-0.05, 0) is 26.3 Å². The maximum atomic E-state index is 12.1. The van der Waals surface area contributed by atoms with Crippen LogP contribution in [0.4, 0.5) is 0 Å². The molecule has 0 saturated heterocycles. The van der Waals surface area contributed by atoms with Gasteiger partial charge in [-0.15, -0.1) is 11.6 Å².